The third-order valence-electron chi connectivity index (χ3n) is 1.42. The van der Waals surface area contributed by atoms with Crippen LogP contribution in [-0.4, -0.2) is 19.0 Å². The first kappa shape index (κ1) is 10.4. The van der Waals surface area contributed by atoms with Crippen LogP contribution in [0.25, 0.3) is 0 Å². The Morgan fingerprint density at radius 2 is 2.27 bits per heavy atom. The van der Waals surface area contributed by atoms with Gasteiger partial charge in [0.15, 0.2) is 5.78 Å². The molecule has 0 aromatic heterocycles. The van der Waals surface area contributed by atoms with E-state index in [9.17, 15) is 4.79 Å². The number of rotatable bonds is 5. The van der Waals surface area contributed by atoms with Gasteiger partial charge in [-0.15, -0.1) is 0 Å². The normalized spacial score (nSPS) is 13.7. The molecule has 0 radical (unpaired) electrons. The summed E-state index contributed by atoms with van der Waals surface area (Å²) in [6.45, 7) is 3.63. The number of hydrogen-bond acceptors (Lipinski definition) is 2. The van der Waals surface area contributed by atoms with Crippen LogP contribution >= 0.6 is 0 Å². The molecule has 0 rings (SSSR count). The summed E-state index contributed by atoms with van der Waals surface area (Å²) in [5.41, 5.74) is 0. The van der Waals surface area contributed by atoms with Crippen LogP contribution in [0.3, 0.4) is 0 Å². The number of ether oxygens (including phenoxy) is 1. The molecule has 11 heavy (non-hydrogen) atoms. The first-order valence-corrected chi connectivity index (χ1v) is 3.92. The molecule has 0 aromatic rings. The van der Waals surface area contributed by atoms with Gasteiger partial charge in [-0.1, -0.05) is 19.4 Å². The fraction of sp³-hybridized carbons (Fsp3) is 0.667. The molecular weight excluding hydrogens is 140 g/mol. The Morgan fingerprint density at radius 3 is 2.64 bits per heavy atom. The van der Waals surface area contributed by atoms with E-state index in [1.165, 1.54) is 6.92 Å². The van der Waals surface area contributed by atoms with Crippen LogP contribution in [0.2, 0.25) is 0 Å². The largest absolute Gasteiger partial charge is 0.377 e. The molecule has 0 heterocycles. The van der Waals surface area contributed by atoms with Gasteiger partial charge in [-0.25, -0.2) is 0 Å². The fourth-order valence-electron chi connectivity index (χ4n) is 0.820. The zero-order chi connectivity index (χ0) is 8.69. The molecule has 0 saturated heterocycles. The molecule has 0 amide bonds. The van der Waals surface area contributed by atoms with Crippen LogP contribution in [0.4, 0.5) is 0 Å². The molecular formula is C9H16O2. The smallest absolute Gasteiger partial charge is 0.152 e. The van der Waals surface area contributed by atoms with Gasteiger partial charge in [0.05, 0.1) is 6.10 Å². The molecule has 2 nitrogen and oxygen atoms in total. The number of allylic oxidation sites excluding steroid dienone is 1. The van der Waals surface area contributed by atoms with Crippen LogP contribution < -0.4 is 0 Å². The summed E-state index contributed by atoms with van der Waals surface area (Å²) in [5.74, 6) is 0.0724. The lowest BCUT2D eigenvalue weighted by Crippen LogP contribution is -2.06. The summed E-state index contributed by atoms with van der Waals surface area (Å²) in [6.07, 6.45) is 5.51. The average Bonchev–Trinajstić information content (AvgIpc) is 1.97. The second kappa shape index (κ2) is 6.10. The van der Waals surface area contributed by atoms with Crippen LogP contribution in [0.15, 0.2) is 12.2 Å². The van der Waals surface area contributed by atoms with E-state index in [1.807, 2.05) is 6.08 Å². The van der Waals surface area contributed by atoms with Crippen molar-refractivity contribution in [3.63, 3.8) is 0 Å². The molecule has 0 spiro atoms. The molecule has 0 aromatic carbocycles. The molecule has 0 N–H and O–H groups in total. The van der Waals surface area contributed by atoms with Crippen molar-refractivity contribution in [3.8, 4) is 0 Å². The monoisotopic (exact) mass is 156 g/mol. The lowest BCUT2D eigenvalue weighted by molar-refractivity contribution is -0.112. The van der Waals surface area contributed by atoms with Gasteiger partial charge in [-0.05, 0) is 19.4 Å². The maximum atomic E-state index is 10.5. The molecule has 0 bridgehead atoms. The Balaban J connectivity index is 3.76. The van der Waals surface area contributed by atoms with E-state index < -0.39 is 0 Å². The highest BCUT2D eigenvalue weighted by Gasteiger charge is 1.99. The Morgan fingerprint density at radius 1 is 1.64 bits per heavy atom. The zero-order valence-electron chi connectivity index (χ0n) is 7.46. The van der Waals surface area contributed by atoms with Gasteiger partial charge in [0, 0.05) is 7.11 Å². The summed E-state index contributed by atoms with van der Waals surface area (Å²) in [5, 5.41) is 0. The fourth-order valence-corrected chi connectivity index (χ4v) is 0.820. The van der Waals surface area contributed by atoms with Crippen molar-refractivity contribution in [2.45, 2.75) is 32.8 Å². The van der Waals surface area contributed by atoms with Gasteiger partial charge in [-0.3, -0.25) is 4.79 Å². The lowest BCUT2D eigenvalue weighted by Gasteiger charge is -2.07. The van der Waals surface area contributed by atoms with Crippen molar-refractivity contribution < 1.29 is 9.53 Å². The van der Waals surface area contributed by atoms with Gasteiger partial charge >= 0.3 is 0 Å². The van der Waals surface area contributed by atoms with E-state index in [1.54, 1.807) is 13.2 Å². The predicted molar refractivity (Wildman–Crippen MR) is 45.5 cm³/mol. The first-order chi connectivity index (χ1) is 5.20. The molecule has 0 fully saturated rings. The average molecular weight is 156 g/mol. The summed E-state index contributed by atoms with van der Waals surface area (Å²) in [4.78, 5) is 10.5. The van der Waals surface area contributed by atoms with Crippen molar-refractivity contribution in [1.29, 1.82) is 0 Å². The lowest BCUT2D eigenvalue weighted by atomic mass is 10.2. The van der Waals surface area contributed by atoms with E-state index in [-0.39, 0.29) is 11.9 Å². The minimum Gasteiger partial charge on any atom is -0.377 e. The van der Waals surface area contributed by atoms with Crippen molar-refractivity contribution in [1.82, 2.24) is 0 Å². The van der Waals surface area contributed by atoms with Crippen LogP contribution in [0.5, 0.6) is 0 Å². The standard InChI is InChI=1S/C9H16O2/c1-4-5-9(11-3)7-6-8(2)10/h6-7,9H,4-5H2,1-3H3. The predicted octanol–water partition coefficient (Wildman–Crippen LogP) is 1.95. The van der Waals surface area contributed by atoms with Gasteiger partial charge < -0.3 is 4.74 Å². The number of carbonyl (C=O) groups is 1. The van der Waals surface area contributed by atoms with Gasteiger partial charge in [0.2, 0.25) is 0 Å². The number of carbonyl (C=O) groups excluding carboxylic acids is 1. The van der Waals surface area contributed by atoms with Crippen LogP contribution in [-0.2, 0) is 9.53 Å². The summed E-state index contributed by atoms with van der Waals surface area (Å²) in [6, 6.07) is 0. The van der Waals surface area contributed by atoms with Gasteiger partial charge in [0.25, 0.3) is 0 Å². The zero-order valence-corrected chi connectivity index (χ0v) is 7.46. The van der Waals surface area contributed by atoms with E-state index in [4.69, 9.17) is 4.74 Å². The maximum absolute atomic E-state index is 10.5. The topological polar surface area (TPSA) is 26.3 Å². The highest BCUT2D eigenvalue weighted by atomic mass is 16.5. The summed E-state index contributed by atoms with van der Waals surface area (Å²) >= 11 is 0. The number of hydrogen-bond donors (Lipinski definition) is 0. The molecule has 0 aliphatic rings. The third-order valence-corrected chi connectivity index (χ3v) is 1.42. The number of methoxy groups -OCH3 is 1. The molecule has 0 aliphatic heterocycles. The van der Waals surface area contributed by atoms with Crippen molar-refractivity contribution >= 4 is 5.78 Å². The highest BCUT2D eigenvalue weighted by Crippen LogP contribution is 2.01. The molecule has 0 saturated carbocycles. The Hall–Kier alpha value is -0.630. The third kappa shape index (κ3) is 5.80. The Kier molecular flexibility index (Phi) is 5.75. The molecule has 1 unspecified atom stereocenters. The molecule has 2 heteroatoms. The first-order valence-electron chi connectivity index (χ1n) is 3.92. The summed E-state index contributed by atoms with van der Waals surface area (Å²) in [7, 11) is 1.66. The SMILES string of the molecule is CCCC(C=CC(C)=O)OC. The van der Waals surface area contributed by atoms with Crippen molar-refractivity contribution in [3.05, 3.63) is 12.2 Å². The highest BCUT2D eigenvalue weighted by molar-refractivity contribution is 5.87. The van der Waals surface area contributed by atoms with E-state index >= 15 is 0 Å². The molecule has 1 atom stereocenters. The quantitative estimate of drug-likeness (QED) is 0.569. The molecule has 0 aliphatic carbocycles. The van der Waals surface area contributed by atoms with E-state index in [0.29, 0.717) is 0 Å². The number of ketones is 1. The maximum Gasteiger partial charge on any atom is 0.152 e. The molecule has 64 valence electrons. The van der Waals surface area contributed by atoms with Gasteiger partial charge in [0.1, 0.15) is 0 Å². The Labute approximate surface area is 68.2 Å². The van der Waals surface area contributed by atoms with Crippen molar-refractivity contribution in [2.75, 3.05) is 7.11 Å². The Bertz CT molecular complexity index is 138. The van der Waals surface area contributed by atoms with Crippen LogP contribution in [0.1, 0.15) is 26.7 Å². The summed E-state index contributed by atoms with van der Waals surface area (Å²) < 4.78 is 5.10. The minimum atomic E-state index is 0.0724. The van der Waals surface area contributed by atoms with Crippen molar-refractivity contribution in [2.24, 2.45) is 0 Å². The van der Waals surface area contributed by atoms with E-state index in [2.05, 4.69) is 6.92 Å². The second-order valence-corrected chi connectivity index (χ2v) is 2.53. The second-order valence-electron chi connectivity index (χ2n) is 2.53. The van der Waals surface area contributed by atoms with Gasteiger partial charge in [-0.2, -0.15) is 0 Å². The van der Waals surface area contributed by atoms with Crippen LogP contribution in [0, 0.1) is 0 Å². The minimum absolute atomic E-state index is 0.0724. The van der Waals surface area contributed by atoms with E-state index in [0.717, 1.165) is 12.8 Å².